The molecule has 4 aromatic rings. The molecule has 9 nitrogen and oxygen atoms in total. The Morgan fingerprint density at radius 2 is 1.84 bits per heavy atom. The average molecular weight is 538 g/mol. The Kier molecular flexibility index (Phi) is 8.67. The number of ether oxygens (including phenoxy) is 1. The van der Waals surface area contributed by atoms with Crippen molar-refractivity contribution in [1.82, 2.24) is 10.3 Å². The molecule has 3 aromatic carbocycles. The summed E-state index contributed by atoms with van der Waals surface area (Å²) in [4.78, 5) is 14.5. The largest absolute Gasteiger partial charge is 0.492 e. The van der Waals surface area contributed by atoms with Gasteiger partial charge in [-0.15, -0.1) is 0 Å². The van der Waals surface area contributed by atoms with Gasteiger partial charge in [-0.3, -0.25) is 9.52 Å². The third-order valence-corrected chi connectivity index (χ3v) is 6.57. The van der Waals surface area contributed by atoms with E-state index in [1.807, 2.05) is 48.5 Å². The van der Waals surface area contributed by atoms with Gasteiger partial charge in [0.25, 0.3) is 0 Å². The summed E-state index contributed by atoms with van der Waals surface area (Å²) in [7, 11) is -3.40. The summed E-state index contributed by atoms with van der Waals surface area (Å²) in [6, 6.07) is 22.3. The van der Waals surface area contributed by atoms with Crippen molar-refractivity contribution in [3.05, 3.63) is 84.1 Å². The van der Waals surface area contributed by atoms with Gasteiger partial charge in [-0.05, 0) is 41.8 Å². The highest BCUT2D eigenvalue weighted by molar-refractivity contribution is 7.92. The van der Waals surface area contributed by atoms with Crippen LogP contribution in [0.4, 0.5) is 5.69 Å². The molecule has 5 N–H and O–H groups in total. The van der Waals surface area contributed by atoms with Crippen LogP contribution in [-0.4, -0.2) is 55.5 Å². The van der Waals surface area contributed by atoms with Crippen molar-refractivity contribution in [1.29, 1.82) is 0 Å². The average Bonchev–Trinajstić information content (AvgIpc) is 3.24. The van der Waals surface area contributed by atoms with E-state index in [1.54, 1.807) is 24.3 Å². The molecule has 0 aliphatic carbocycles. The first kappa shape index (κ1) is 27.2. The van der Waals surface area contributed by atoms with Gasteiger partial charge in [0.1, 0.15) is 12.4 Å². The molecule has 0 saturated carbocycles. The first-order valence-corrected chi connectivity index (χ1v) is 14.1. The lowest BCUT2D eigenvalue weighted by Crippen LogP contribution is -2.26. The Balaban J connectivity index is 1.35. The number of hydrogen-bond donors (Lipinski definition) is 5. The van der Waals surface area contributed by atoms with Crippen LogP contribution in [0.1, 0.15) is 23.8 Å². The maximum atomic E-state index is 11.4. The molecule has 1 atom stereocenters. The first-order chi connectivity index (χ1) is 18.2. The van der Waals surface area contributed by atoms with Crippen LogP contribution in [0.25, 0.3) is 22.0 Å². The summed E-state index contributed by atoms with van der Waals surface area (Å²) in [5.74, 6) is -0.173. The number of nitrogens with one attached hydrogen (secondary N) is 3. The predicted octanol–water partition coefficient (Wildman–Crippen LogP) is 3.93. The van der Waals surface area contributed by atoms with E-state index in [0.29, 0.717) is 36.6 Å². The van der Waals surface area contributed by atoms with Crippen molar-refractivity contribution >= 4 is 32.6 Å². The molecular weight excluding hydrogens is 506 g/mol. The van der Waals surface area contributed by atoms with E-state index in [1.165, 1.54) is 0 Å². The first-order valence-electron chi connectivity index (χ1n) is 12.2. The van der Waals surface area contributed by atoms with Crippen LogP contribution in [0.2, 0.25) is 0 Å². The number of anilines is 1. The van der Waals surface area contributed by atoms with Gasteiger partial charge in [0, 0.05) is 47.0 Å². The number of rotatable bonds is 13. The van der Waals surface area contributed by atoms with E-state index in [0.717, 1.165) is 34.0 Å². The second-order valence-electron chi connectivity index (χ2n) is 9.01. The standard InChI is InChI=1S/C28H31N3O6S/c1-38(35,36)31-21-9-5-8-20(16-21)26(32)18-29-14-15-37-22-10-11-23-25(17-22)30-24(12-13-27(33)34)28(23)19-6-3-2-4-7-19/h2-11,16-17,26,29-32H,12-15,18H2,1H3,(H,33,34). The number of sulfonamides is 1. The van der Waals surface area contributed by atoms with E-state index >= 15 is 0 Å². The predicted molar refractivity (Wildman–Crippen MR) is 148 cm³/mol. The summed E-state index contributed by atoms with van der Waals surface area (Å²) in [6.45, 7) is 1.13. The molecule has 0 aliphatic heterocycles. The quantitative estimate of drug-likeness (QED) is 0.163. The monoisotopic (exact) mass is 537 g/mol. The van der Waals surface area contributed by atoms with Crippen molar-refractivity contribution in [2.75, 3.05) is 30.7 Å². The molecule has 0 aliphatic rings. The lowest BCUT2D eigenvalue weighted by atomic mass is 10.00. The number of aryl methyl sites for hydroxylation is 1. The van der Waals surface area contributed by atoms with Gasteiger partial charge in [0.15, 0.2) is 0 Å². The van der Waals surface area contributed by atoms with Crippen LogP contribution >= 0.6 is 0 Å². The summed E-state index contributed by atoms with van der Waals surface area (Å²) < 4.78 is 31.2. The third kappa shape index (κ3) is 7.34. The number of carboxylic acids is 1. The molecule has 1 unspecified atom stereocenters. The molecule has 10 heteroatoms. The molecule has 0 fully saturated rings. The van der Waals surface area contributed by atoms with Gasteiger partial charge in [-0.2, -0.15) is 0 Å². The zero-order valence-electron chi connectivity index (χ0n) is 21.0. The third-order valence-electron chi connectivity index (χ3n) is 5.96. The van der Waals surface area contributed by atoms with Gasteiger partial charge in [0.05, 0.1) is 18.8 Å². The number of aromatic nitrogens is 1. The molecule has 1 heterocycles. The van der Waals surface area contributed by atoms with Gasteiger partial charge in [-0.1, -0.05) is 42.5 Å². The Morgan fingerprint density at radius 3 is 2.58 bits per heavy atom. The Hall–Kier alpha value is -3.86. The van der Waals surface area contributed by atoms with E-state index in [9.17, 15) is 18.3 Å². The number of carboxylic acid groups (broad SMARTS) is 1. The van der Waals surface area contributed by atoms with E-state index < -0.39 is 22.1 Å². The molecule has 4 rings (SSSR count). The van der Waals surface area contributed by atoms with Crippen LogP contribution in [0.3, 0.4) is 0 Å². The number of benzene rings is 3. The molecule has 200 valence electrons. The number of H-pyrrole nitrogens is 1. The number of carbonyl (C=O) groups is 1. The smallest absolute Gasteiger partial charge is 0.303 e. The molecule has 0 radical (unpaired) electrons. The molecule has 38 heavy (non-hydrogen) atoms. The second kappa shape index (κ2) is 12.1. The second-order valence-corrected chi connectivity index (χ2v) is 10.8. The van der Waals surface area contributed by atoms with Gasteiger partial charge >= 0.3 is 5.97 Å². The van der Waals surface area contributed by atoms with Crippen LogP contribution in [0.5, 0.6) is 5.75 Å². The number of aromatic amines is 1. The molecule has 0 saturated heterocycles. The fourth-order valence-corrected chi connectivity index (χ4v) is 4.85. The Labute approximate surface area is 221 Å². The SMILES string of the molecule is CS(=O)(=O)Nc1cccc(C(O)CNCCOc2ccc3c(-c4ccccc4)c(CCC(=O)O)[nH]c3c2)c1. The van der Waals surface area contributed by atoms with Crippen molar-refractivity contribution in [2.24, 2.45) is 0 Å². The minimum atomic E-state index is -3.40. The molecule has 1 aromatic heterocycles. The lowest BCUT2D eigenvalue weighted by molar-refractivity contribution is -0.136. The van der Waals surface area contributed by atoms with Crippen LogP contribution in [0.15, 0.2) is 72.8 Å². The van der Waals surface area contributed by atoms with Crippen LogP contribution in [-0.2, 0) is 21.2 Å². The number of aliphatic hydroxyl groups is 1. The van der Waals surface area contributed by atoms with Crippen molar-refractivity contribution < 1.29 is 28.2 Å². The highest BCUT2D eigenvalue weighted by Gasteiger charge is 2.15. The summed E-state index contributed by atoms with van der Waals surface area (Å²) in [5, 5.41) is 23.8. The van der Waals surface area contributed by atoms with Crippen molar-refractivity contribution in [2.45, 2.75) is 18.9 Å². The van der Waals surface area contributed by atoms with Crippen LogP contribution < -0.4 is 14.8 Å². The minimum Gasteiger partial charge on any atom is -0.492 e. The van der Waals surface area contributed by atoms with Crippen molar-refractivity contribution in [3.63, 3.8) is 0 Å². The zero-order valence-corrected chi connectivity index (χ0v) is 21.8. The molecule has 0 amide bonds. The number of hydrogen-bond acceptors (Lipinski definition) is 6. The minimum absolute atomic E-state index is 0.0338. The van der Waals surface area contributed by atoms with Gasteiger partial charge in [-0.25, -0.2) is 8.42 Å². The maximum absolute atomic E-state index is 11.4. The van der Waals surface area contributed by atoms with E-state index in [2.05, 4.69) is 15.0 Å². The number of aliphatic hydroxyl groups excluding tert-OH is 1. The molecule has 0 spiro atoms. The Bertz CT molecular complexity index is 1500. The lowest BCUT2D eigenvalue weighted by Gasteiger charge is -2.14. The number of fused-ring (bicyclic) bond motifs is 1. The zero-order chi connectivity index (χ0) is 27.1. The molecular formula is C28H31N3O6S. The van der Waals surface area contributed by atoms with Crippen LogP contribution in [0, 0.1) is 0 Å². The molecule has 0 bridgehead atoms. The highest BCUT2D eigenvalue weighted by atomic mass is 32.2. The fraction of sp³-hybridized carbons (Fsp3) is 0.250. The summed E-state index contributed by atoms with van der Waals surface area (Å²) >= 11 is 0. The maximum Gasteiger partial charge on any atom is 0.303 e. The fourth-order valence-electron chi connectivity index (χ4n) is 4.30. The van der Waals surface area contributed by atoms with Gasteiger partial charge in [0.2, 0.25) is 10.0 Å². The van der Waals surface area contributed by atoms with Gasteiger partial charge < -0.3 is 25.3 Å². The van der Waals surface area contributed by atoms with E-state index in [-0.39, 0.29) is 13.0 Å². The topological polar surface area (TPSA) is 141 Å². The Morgan fingerprint density at radius 1 is 1.05 bits per heavy atom. The van der Waals surface area contributed by atoms with Crippen molar-refractivity contribution in [3.8, 4) is 16.9 Å². The van der Waals surface area contributed by atoms with E-state index in [4.69, 9.17) is 9.84 Å². The summed E-state index contributed by atoms with van der Waals surface area (Å²) in [6.07, 6.45) is 0.689. The highest BCUT2D eigenvalue weighted by Crippen LogP contribution is 2.35. The number of aliphatic carboxylic acids is 1. The normalized spacial score (nSPS) is 12.4. The summed E-state index contributed by atoms with van der Waals surface area (Å²) in [5.41, 5.74) is 4.75.